The number of guanidine groups is 1. The van der Waals surface area contributed by atoms with Crippen LogP contribution in [0.4, 0.5) is 5.82 Å². The summed E-state index contributed by atoms with van der Waals surface area (Å²) in [4.78, 5) is 11.3. The van der Waals surface area contributed by atoms with E-state index < -0.39 is 0 Å². The van der Waals surface area contributed by atoms with Crippen molar-refractivity contribution in [3.8, 4) is 0 Å². The summed E-state index contributed by atoms with van der Waals surface area (Å²) in [5.74, 6) is 1.86. The molecule has 1 aliphatic rings. The number of hydrogen-bond donors (Lipinski definition) is 2. The van der Waals surface area contributed by atoms with Gasteiger partial charge < -0.3 is 20.3 Å². The fourth-order valence-electron chi connectivity index (χ4n) is 2.82. The minimum absolute atomic E-state index is 0.228. The van der Waals surface area contributed by atoms with Crippen LogP contribution in [0, 0.1) is 0 Å². The summed E-state index contributed by atoms with van der Waals surface area (Å²) in [6, 6.07) is 4.24. The van der Waals surface area contributed by atoms with Crippen molar-refractivity contribution >= 4 is 11.8 Å². The molecular formula is C19H33N5O. The van der Waals surface area contributed by atoms with Crippen molar-refractivity contribution in [2.75, 3.05) is 38.7 Å². The summed E-state index contributed by atoms with van der Waals surface area (Å²) in [6.45, 7) is 7.72. The average Bonchev–Trinajstić information content (AvgIpc) is 2.91. The second kappa shape index (κ2) is 9.61. The van der Waals surface area contributed by atoms with Crippen molar-refractivity contribution in [1.29, 1.82) is 0 Å². The van der Waals surface area contributed by atoms with Gasteiger partial charge in [0.1, 0.15) is 5.82 Å². The van der Waals surface area contributed by atoms with Crippen LogP contribution in [0.5, 0.6) is 0 Å². The molecule has 0 unspecified atom stereocenters. The lowest BCUT2D eigenvalue weighted by Crippen LogP contribution is -2.45. The van der Waals surface area contributed by atoms with Crippen LogP contribution in [0.25, 0.3) is 0 Å². The molecule has 25 heavy (non-hydrogen) atoms. The number of aliphatic imine (C=N–C) groups is 1. The number of pyridine rings is 1. The quantitative estimate of drug-likeness (QED) is 0.612. The van der Waals surface area contributed by atoms with Gasteiger partial charge in [-0.05, 0) is 44.4 Å². The van der Waals surface area contributed by atoms with Crippen molar-refractivity contribution in [3.05, 3.63) is 23.9 Å². The molecule has 0 aromatic carbocycles. The number of methoxy groups -OCH3 is 1. The number of nitrogens with zero attached hydrogens (tertiary/aromatic N) is 3. The Labute approximate surface area is 152 Å². The van der Waals surface area contributed by atoms with E-state index in [2.05, 4.69) is 37.6 Å². The zero-order chi connectivity index (χ0) is 18.1. The summed E-state index contributed by atoms with van der Waals surface area (Å²) < 4.78 is 5.43. The number of ether oxygens (including phenoxy) is 1. The summed E-state index contributed by atoms with van der Waals surface area (Å²) >= 11 is 0. The fourth-order valence-corrected chi connectivity index (χ4v) is 2.82. The molecule has 0 saturated carbocycles. The van der Waals surface area contributed by atoms with E-state index in [9.17, 15) is 0 Å². The van der Waals surface area contributed by atoms with E-state index in [0.29, 0.717) is 6.54 Å². The van der Waals surface area contributed by atoms with Gasteiger partial charge in [0.25, 0.3) is 0 Å². The van der Waals surface area contributed by atoms with Crippen LogP contribution in [0.15, 0.2) is 23.3 Å². The van der Waals surface area contributed by atoms with E-state index in [-0.39, 0.29) is 5.60 Å². The maximum absolute atomic E-state index is 5.43. The van der Waals surface area contributed by atoms with Crippen LogP contribution in [-0.2, 0) is 11.3 Å². The van der Waals surface area contributed by atoms with Crippen molar-refractivity contribution in [3.63, 3.8) is 0 Å². The van der Waals surface area contributed by atoms with Gasteiger partial charge in [0.05, 0.1) is 5.60 Å². The summed E-state index contributed by atoms with van der Waals surface area (Å²) in [5, 5.41) is 6.67. The largest absolute Gasteiger partial charge is 0.377 e. The Morgan fingerprint density at radius 2 is 1.96 bits per heavy atom. The van der Waals surface area contributed by atoms with Gasteiger partial charge in [-0.25, -0.2) is 4.98 Å². The molecule has 0 amide bonds. The molecule has 1 aromatic rings. The van der Waals surface area contributed by atoms with Crippen molar-refractivity contribution < 1.29 is 4.74 Å². The molecule has 6 nitrogen and oxygen atoms in total. The maximum atomic E-state index is 5.43. The number of anilines is 1. The van der Waals surface area contributed by atoms with Gasteiger partial charge in [0.15, 0.2) is 5.96 Å². The average molecular weight is 348 g/mol. The predicted molar refractivity (Wildman–Crippen MR) is 104 cm³/mol. The van der Waals surface area contributed by atoms with Gasteiger partial charge in [-0.3, -0.25) is 4.99 Å². The standard InChI is InChI=1S/C19H33N5O/c1-19(2,25-4)15-23-18(20-3)22-14-16-9-10-21-17(13-16)24-11-7-5-6-8-12-24/h9-10,13H,5-8,11-12,14-15H2,1-4H3,(H2,20,22,23). The molecule has 1 aromatic heterocycles. The first-order chi connectivity index (χ1) is 12.0. The Kier molecular flexibility index (Phi) is 7.50. The Balaban J connectivity index is 1.90. The molecule has 140 valence electrons. The molecule has 0 bridgehead atoms. The highest BCUT2D eigenvalue weighted by molar-refractivity contribution is 5.79. The highest BCUT2D eigenvalue weighted by Crippen LogP contribution is 2.18. The highest BCUT2D eigenvalue weighted by atomic mass is 16.5. The zero-order valence-corrected chi connectivity index (χ0v) is 16.1. The lowest BCUT2D eigenvalue weighted by atomic mass is 10.1. The van der Waals surface area contributed by atoms with Crippen LogP contribution in [0.3, 0.4) is 0 Å². The van der Waals surface area contributed by atoms with E-state index in [0.717, 1.165) is 31.4 Å². The van der Waals surface area contributed by atoms with Crippen LogP contribution >= 0.6 is 0 Å². The van der Waals surface area contributed by atoms with Crippen molar-refractivity contribution in [1.82, 2.24) is 15.6 Å². The minimum atomic E-state index is -0.228. The summed E-state index contributed by atoms with van der Waals surface area (Å²) in [6.07, 6.45) is 7.09. The second-order valence-electron chi connectivity index (χ2n) is 7.17. The Morgan fingerprint density at radius 1 is 1.24 bits per heavy atom. The summed E-state index contributed by atoms with van der Waals surface area (Å²) in [7, 11) is 3.50. The van der Waals surface area contributed by atoms with Crippen molar-refractivity contribution in [2.45, 2.75) is 51.7 Å². The first-order valence-corrected chi connectivity index (χ1v) is 9.23. The van der Waals surface area contributed by atoms with Gasteiger partial charge in [0.2, 0.25) is 0 Å². The Hall–Kier alpha value is -1.82. The number of hydrogen-bond acceptors (Lipinski definition) is 4. The third-order valence-corrected chi connectivity index (χ3v) is 4.66. The molecule has 0 aliphatic carbocycles. The van der Waals surface area contributed by atoms with Gasteiger partial charge in [-0.2, -0.15) is 0 Å². The first-order valence-electron chi connectivity index (χ1n) is 9.23. The van der Waals surface area contributed by atoms with Gasteiger partial charge >= 0.3 is 0 Å². The molecule has 2 rings (SSSR count). The molecule has 0 spiro atoms. The lowest BCUT2D eigenvalue weighted by molar-refractivity contribution is 0.0268. The predicted octanol–water partition coefficient (Wildman–Crippen LogP) is 2.55. The molecular weight excluding hydrogens is 314 g/mol. The number of rotatable bonds is 6. The molecule has 6 heteroatoms. The Bertz CT molecular complexity index is 551. The lowest BCUT2D eigenvalue weighted by Gasteiger charge is -2.24. The summed E-state index contributed by atoms with van der Waals surface area (Å²) in [5.41, 5.74) is 0.983. The molecule has 0 atom stereocenters. The first kappa shape index (κ1) is 19.5. The van der Waals surface area contributed by atoms with Crippen molar-refractivity contribution in [2.24, 2.45) is 4.99 Å². The third kappa shape index (κ3) is 6.53. The van der Waals surface area contributed by atoms with E-state index in [4.69, 9.17) is 4.74 Å². The highest BCUT2D eigenvalue weighted by Gasteiger charge is 2.16. The molecule has 0 radical (unpaired) electrons. The van der Waals surface area contributed by atoms with Crippen LogP contribution in [0.2, 0.25) is 0 Å². The third-order valence-electron chi connectivity index (χ3n) is 4.66. The zero-order valence-electron chi connectivity index (χ0n) is 16.1. The fraction of sp³-hybridized carbons (Fsp3) is 0.684. The van der Waals surface area contributed by atoms with Gasteiger partial charge in [-0.1, -0.05) is 12.8 Å². The van der Waals surface area contributed by atoms with Crippen LogP contribution < -0.4 is 15.5 Å². The van der Waals surface area contributed by atoms with Gasteiger partial charge in [-0.15, -0.1) is 0 Å². The van der Waals surface area contributed by atoms with E-state index in [1.54, 1.807) is 14.2 Å². The SMILES string of the molecule is CN=C(NCc1ccnc(N2CCCCCC2)c1)NCC(C)(C)OC. The maximum Gasteiger partial charge on any atom is 0.191 e. The van der Waals surface area contributed by atoms with Gasteiger partial charge in [0, 0.05) is 46.5 Å². The molecule has 1 saturated heterocycles. The van der Waals surface area contributed by atoms with Crippen LogP contribution in [0.1, 0.15) is 45.1 Å². The van der Waals surface area contributed by atoms with Crippen LogP contribution in [-0.4, -0.2) is 50.3 Å². The number of nitrogens with one attached hydrogen (secondary N) is 2. The number of aromatic nitrogens is 1. The monoisotopic (exact) mass is 347 g/mol. The van der Waals surface area contributed by atoms with E-state index in [1.807, 2.05) is 20.0 Å². The van der Waals surface area contributed by atoms with E-state index in [1.165, 1.54) is 31.2 Å². The molecule has 2 N–H and O–H groups in total. The topological polar surface area (TPSA) is 61.8 Å². The second-order valence-corrected chi connectivity index (χ2v) is 7.17. The molecule has 1 fully saturated rings. The normalized spacial score (nSPS) is 16.5. The Morgan fingerprint density at radius 3 is 2.60 bits per heavy atom. The smallest absolute Gasteiger partial charge is 0.191 e. The molecule has 2 heterocycles. The molecule has 1 aliphatic heterocycles. The van der Waals surface area contributed by atoms with E-state index >= 15 is 0 Å². The minimum Gasteiger partial charge on any atom is -0.377 e.